The van der Waals surface area contributed by atoms with Crippen LogP contribution in [0.5, 0.6) is 0 Å². The van der Waals surface area contributed by atoms with Gasteiger partial charge in [0.2, 0.25) is 0 Å². The number of benzene rings is 1. The summed E-state index contributed by atoms with van der Waals surface area (Å²) in [7, 11) is -1.78. The molecule has 6 heteroatoms. The minimum Gasteiger partial charge on any atom is -0.461 e. The van der Waals surface area contributed by atoms with E-state index in [1.807, 2.05) is 0 Å². The minimum atomic E-state index is -3.43. The van der Waals surface area contributed by atoms with Crippen LogP contribution in [0.2, 0.25) is 0 Å². The lowest BCUT2D eigenvalue weighted by Crippen LogP contribution is -2.13. The molecule has 0 unspecified atom stereocenters. The Kier molecular flexibility index (Phi) is 4.47. The summed E-state index contributed by atoms with van der Waals surface area (Å²) in [4.78, 5) is 12.0. The molecule has 112 valence electrons. The molecule has 21 heavy (non-hydrogen) atoms. The molecule has 2 rings (SSSR count). The van der Waals surface area contributed by atoms with E-state index >= 15 is 0 Å². The molecule has 0 spiro atoms. The molecule has 0 aliphatic rings. The second kappa shape index (κ2) is 6.13. The van der Waals surface area contributed by atoms with Gasteiger partial charge >= 0.3 is 5.97 Å². The van der Waals surface area contributed by atoms with Gasteiger partial charge in [0.05, 0.1) is 17.3 Å². The quantitative estimate of drug-likeness (QED) is 0.794. The van der Waals surface area contributed by atoms with Crippen LogP contribution < -0.4 is 0 Å². The van der Waals surface area contributed by atoms with Gasteiger partial charge in [-0.3, -0.25) is 0 Å². The highest BCUT2D eigenvalue weighted by molar-refractivity contribution is 7.90. The first-order chi connectivity index (χ1) is 9.95. The number of rotatable bonds is 5. The van der Waals surface area contributed by atoms with Crippen molar-refractivity contribution < 1.29 is 17.9 Å². The summed E-state index contributed by atoms with van der Waals surface area (Å²) in [5.41, 5.74) is 0.886. The maximum Gasteiger partial charge on any atom is 0.354 e. The van der Waals surface area contributed by atoms with E-state index in [-0.39, 0.29) is 17.3 Å². The Morgan fingerprint density at radius 1 is 1.14 bits per heavy atom. The van der Waals surface area contributed by atoms with Crippen LogP contribution in [0.25, 0.3) is 0 Å². The lowest BCUT2D eigenvalue weighted by atomic mass is 10.4. The van der Waals surface area contributed by atoms with Gasteiger partial charge in [-0.1, -0.05) is 18.2 Å². The number of esters is 1. The molecule has 1 heterocycles. The molecule has 0 radical (unpaired) electrons. The lowest BCUT2D eigenvalue weighted by Gasteiger charge is -2.08. The first-order valence-corrected chi connectivity index (χ1v) is 8.20. The van der Waals surface area contributed by atoms with E-state index in [1.54, 1.807) is 61.0 Å². The summed E-state index contributed by atoms with van der Waals surface area (Å²) in [5, 5.41) is 0. The molecule has 0 bridgehead atoms. The van der Waals surface area contributed by atoms with Crippen molar-refractivity contribution in [1.29, 1.82) is 0 Å². The topological polar surface area (TPSA) is 65.4 Å². The van der Waals surface area contributed by atoms with E-state index in [1.165, 1.54) is 0 Å². The Morgan fingerprint density at radius 3 is 2.43 bits per heavy atom. The van der Waals surface area contributed by atoms with Crippen molar-refractivity contribution in [1.82, 2.24) is 4.57 Å². The number of ether oxygens (including phenoxy) is 1. The molecule has 1 aromatic carbocycles. The maximum atomic E-state index is 12.3. The molecule has 0 fully saturated rings. The van der Waals surface area contributed by atoms with Crippen molar-refractivity contribution in [2.45, 2.75) is 17.6 Å². The van der Waals surface area contributed by atoms with Crippen molar-refractivity contribution in [3.05, 3.63) is 53.9 Å². The SMILES string of the molecule is CCOC(=O)c1ccc(CS(=O)(=O)c2ccccc2)n1C. The number of hydrogen-bond donors (Lipinski definition) is 0. The van der Waals surface area contributed by atoms with E-state index in [0.29, 0.717) is 11.4 Å². The van der Waals surface area contributed by atoms with Crippen molar-refractivity contribution in [2.24, 2.45) is 7.05 Å². The van der Waals surface area contributed by atoms with Gasteiger partial charge in [0.1, 0.15) is 5.69 Å². The van der Waals surface area contributed by atoms with Gasteiger partial charge in [0.15, 0.2) is 9.84 Å². The summed E-state index contributed by atoms with van der Waals surface area (Å²) in [6, 6.07) is 11.5. The largest absolute Gasteiger partial charge is 0.461 e. The Morgan fingerprint density at radius 2 is 1.81 bits per heavy atom. The van der Waals surface area contributed by atoms with Gasteiger partial charge in [-0.05, 0) is 31.2 Å². The van der Waals surface area contributed by atoms with Crippen molar-refractivity contribution in [2.75, 3.05) is 6.61 Å². The number of hydrogen-bond acceptors (Lipinski definition) is 4. The Labute approximate surface area is 124 Å². The summed E-state index contributed by atoms with van der Waals surface area (Å²) in [6.45, 7) is 2.00. The Bertz CT molecular complexity index is 732. The standard InChI is InChI=1S/C15H17NO4S/c1-3-20-15(17)14-10-9-12(16(14)2)11-21(18,19)13-7-5-4-6-8-13/h4-10H,3,11H2,1-2H3. The second-order valence-corrected chi connectivity index (χ2v) is 6.55. The van der Waals surface area contributed by atoms with Gasteiger partial charge in [-0.15, -0.1) is 0 Å². The molecule has 0 amide bonds. The van der Waals surface area contributed by atoms with Crippen LogP contribution in [0.4, 0.5) is 0 Å². The molecular weight excluding hydrogens is 290 g/mol. The first-order valence-electron chi connectivity index (χ1n) is 6.55. The van der Waals surface area contributed by atoms with E-state index in [0.717, 1.165) is 0 Å². The summed E-state index contributed by atoms with van der Waals surface area (Å²) in [6.07, 6.45) is 0. The zero-order valence-corrected chi connectivity index (χ0v) is 12.8. The van der Waals surface area contributed by atoms with Crippen LogP contribution in [-0.4, -0.2) is 25.6 Å². The van der Waals surface area contributed by atoms with Crippen molar-refractivity contribution in [3.8, 4) is 0 Å². The van der Waals surface area contributed by atoms with Gasteiger partial charge < -0.3 is 9.30 Å². The van der Waals surface area contributed by atoms with Crippen LogP contribution in [0.15, 0.2) is 47.4 Å². The van der Waals surface area contributed by atoms with E-state index in [9.17, 15) is 13.2 Å². The average molecular weight is 307 g/mol. The third kappa shape index (κ3) is 3.33. The van der Waals surface area contributed by atoms with Crippen LogP contribution in [-0.2, 0) is 27.4 Å². The molecule has 1 aromatic heterocycles. The smallest absolute Gasteiger partial charge is 0.354 e. The Balaban J connectivity index is 2.27. The average Bonchev–Trinajstić information content (AvgIpc) is 2.81. The van der Waals surface area contributed by atoms with Gasteiger partial charge in [0.25, 0.3) is 0 Å². The van der Waals surface area contributed by atoms with Gasteiger partial charge in [0, 0.05) is 12.7 Å². The zero-order chi connectivity index (χ0) is 15.5. The number of nitrogens with zero attached hydrogens (tertiary/aromatic N) is 1. The number of sulfone groups is 1. The van der Waals surface area contributed by atoms with Crippen molar-refractivity contribution in [3.63, 3.8) is 0 Å². The van der Waals surface area contributed by atoms with Crippen molar-refractivity contribution >= 4 is 15.8 Å². The third-order valence-electron chi connectivity index (χ3n) is 3.15. The minimum absolute atomic E-state index is 0.160. The molecule has 0 aliphatic carbocycles. The van der Waals surface area contributed by atoms with E-state index < -0.39 is 15.8 Å². The van der Waals surface area contributed by atoms with E-state index in [2.05, 4.69) is 0 Å². The van der Waals surface area contributed by atoms with Gasteiger partial charge in [-0.25, -0.2) is 13.2 Å². The molecule has 0 saturated heterocycles. The second-order valence-electron chi connectivity index (χ2n) is 4.56. The number of carbonyl (C=O) groups excluding carboxylic acids is 1. The predicted molar refractivity (Wildman–Crippen MR) is 78.7 cm³/mol. The summed E-state index contributed by atoms with van der Waals surface area (Å²) in [5.74, 6) is -0.615. The highest BCUT2D eigenvalue weighted by Gasteiger charge is 2.20. The van der Waals surface area contributed by atoms with E-state index in [4.69, 9.17) is 4.74 Å². The zero-order valence-electron chi connectivity index (χ0n) is 11.9. The number of carbonyl (C=O) groups is 1. The van der Waals surface area contributed by atoms with Crippen LogP contribution in [0, 0.1) is 0 Å². The highest BCUT2D eigenvalue weighted by Crippen LogP contribution is 2.18. The molecule has 5 nitrogen and oxygen atoms in total. The molecule has 0 atom stereocenters. The normalized spacial score (nSPS) is 11.3. The highest BCUT2D eigenvalue weighted by atomic mass is 32.2. The van der Waals surface area contributed by atoms with Crippen LogP contribution >= 0.6 is 0 Å². The summed E-state index contributed by atoms with van der Waals surface area (Å²) < 4.78 is 31.1. The van der Waals surface area contributed by atoms with Crippen LogP contribution in [0.1, 0.15) is 23.1 Å². The van der Waals surface area contributed by atoms with Gasteiger partial charge in [-0.2, -0.15) is 0 Å². The first kappa shape index (κ1) is 15.3. The number of aromatic nitrogens is 1. The monoisotopic (exact) mass is 307 g/mol. The molecule has 0 aliphatic heterocycles. The molecular formula is C15H17NO4S. The fourth-order valence-electron chi connectivity index (χ4n) is 2.01. The molecule has 2 aromatic rings. The van der Waals surface area contributed by atoms with Crippen LogP contribution in [0.3, 0.4) is 0 Å². The predicted octanol–water partition coefficient (Wildman–Crippen LogP) is 2.18. The fraction of sp³-hybridized carbons (Fsp3) is 0.267. The summed E-state index contributed by atoms with van der Waals surface area (Å²) >= 11 is 0. The lowest BCUT2D eigenvalue weighted by molar-refractivity contribution is 0.0515. The molecule has 0 N–H and O–H groups in total. The molecule has 0 saturated carbocycles. The maximum absolute atomic E-state index is 12.3. The Hall–Kier alpha value is -2.08. The fourth-order valence-corrected chi connectivity index (χ4v) is 3.43. The third-order valence-corrected chi connectivity index (χ3v) is 4.82.